The second kappa shape index (κ2) is 19.2. The summed E-state index contributed by atoms with van der Waals surface area (Å²) in [6.07, 6.45) is -4.34. The van der Waals surface area contributed by atoms with Gasteiger partial charge in [-0.2, -0.15) is 17.5 Å². The third-order valence-corrected chi connectivity index (χ3v) is 17.0. The average molecular weight is 930 g/mol. The molecule has 1 unspecified atom stereocenters. The van der Waals surface area contributed by atoms with E-state index in [0.717, 1.165) is 21.9 Å². The number of methoxy groups -OCH3 is 1. The number of fused-ring (bicyclic) bond motifs is 1. The van der Waals surface area contributed by atoms with Gasteiger partial charge in [0.15, 0.2) is 0 Å². The van der Waals surface area contributed by atoms with Gasteiger partial charge in [-0.15, -0.1) is 0 Å². The Morgan fingerprint density at radius 1 is 0.892 bits per heavy atom. The van der Waals surface area contributed by atoms with Crippen LogP contribution in [-0.2, 0) is 38.1 Å². The fourth-order valence-corrected chi connectivity index (χ4v) is 13.8. The maximum Gasteiger partial charge on any atom is 0.408 e. The Morgan fingerprint density at radius 2 is 1.52 bits per heavy atom. The zero-order valence-electron chi connectivity index (χ0n) is 38.5. The highest BCUT2D eigenvalue weighted by Gasteiger charge is 2.51. The van der Waals surface area contributed by atoms with E-state index in [-0.39, 0.29) is 23.9 Å². The summed E-state index contributed by atoms with van der Waals surface area (Å²) < 4.78 is 68.6. The van der Waals surface area contributed by atoms with Crippen LogP contribution in [0.3, 0.4) is 0 Å². The number of rotatable bonds is 16. The number of carboxylic acids is 1. The molecule has 11 nitrogen and oxygen atoms in total. The zero-order chi connectivity index (χ0) is 47.5. The normalized spacial score (nSPS) is 13.7. The SMILES string of the molecule is CO[C@@H](C)c1ncccc1-c1c(CC(C)(C)CO[Si](c2ccccc2)(c2ccccc2)C(C)(C)C)c2cc(-c3nc(CC(NC(=O)OC(C)(C)C)C(=O)O)ns3)ccc2n1CC(F)(F)F. The predicted molar refractivity (Wildman–Crippen MR) is 251 cm³/mol. The van der Waals surface area contributed by atoms with Crippen LogP contribution in [0.2, 0.25) is 5.04 Å². The first-order chi connectivity index (χ1) is 30.4. The summed E-state index contributed by atoms with van der Waals surface area (Å²) >= 11 is 1.02. The highest BCUT2D eigenvalue weighted by atomic mass is 32.1. The fourth-order valence-electron chi connectivity index (χ4n) is 8.32. The van der Waals surface area contributed by atoms with Crippen molar-refractivity contribution in [2.75, 3.05) is 13.7 Å². The lowest BCUT2D eigenvalue weighted by atomic mass is 9.84. The van der Waals surface area contributed by atoms with Gasteiger partial charge in [0, 0.05) is 48.4 Å². The van der Waals surface area contributed by atoms with E-state index in [1.807, 2.05) is 49.4 Å². The summed E-state index contributed by atoms with van der Waals surface area (Å²) in [5.74, 6) is -1.13. The van der Waals surface area contributed by atoms with E-state index >= 15 is 0 Å². The van der Waals surface area contributed by atoms with Gasteiger partial charge in [0.2, 0.25) is 0 Å². The van der Waals surface area contributed by atoms with Crippen molar-refractivity contribution >= 4 is 53.2 Å². The quantitative estimate of drug-likeness (QED) is 0.0909. The molecule has 6 rings (SSSR count). The number of hydrogen-bond acceptors (Lipinski definition) is 9. The molecule has 16 heteroatoms. The van der Waals surface area contributed by atoms with Crippen molar-refractivity contribution in [3.05, 3.63) is 114 Å². The lowest BCUT2D eigenvalue weighted by Crippen LogP contribution is -2.67. The van der Waals surface area contributed by atoms with Crippen molar-refractivity contribution in [1.29, 1.82) is 0 Å². The van der Waals surface area contributed by atoms with Gasteiger partial charge < -0.3 is 28.9 Å². The number of nitrogens with zero attached hydrogens (tertiary/aromatic N) is 4. The largest absolute Gasteiger partial charge is 0.480 e. The van der Waals surface area contributed by atoms with Crippen molar-refractivity contribution in [2.45, 2.75) is 111 Å². The molecule has 0 spiro atoms. The van der Waals surface area contributed by atoms with Crippen LogP contribution < -0.4 is 15.7 Å². The van der Waals surface area contributed by atoms with Gasteiger partial charge in [0.05, 0.1) is 17.5 Å². The second-order valence-electron chi connectivity index (χ2n) is 19.1. The molecule has 0 fully saturated rings. The molecule has 0 saturated carbocycles. The second-order valence-corrected chi connectivity index (χ2v) is 24.2. The molecular weight excluding hydrogens is 872 g/mol. The minimum Gasteiger partial charge on any atom is -0.480 e. The number of aromatic nitrogens is 4. The number of hydrogen-bond donors (Lipinski definition) is 2. The van der Waals surface area contributed by atoms with Gasteiger partial charge in [0.25, 0.3) is 8.32 Å². The van der Waals surface area contributed by atoms with Gasteiger partial charge in [-0.05, 0) is 102 Å². The number of halogens is 3. The Labute approximate surface area is 383 Å². The van der Waals surface area contributed by atoms with Crippen LogP contribution in [0.5, 0.6) is 0 Å². The van der Waals surface area contributed by atoms with Crippen LogP contribution in [-0.4, -0.2) is 75.9 Å². The van der Waals surface area contributed by atoms with Crippen molar-refractivity contribution < 1.29 is 41.8 Å². The molecule has 0 aliphatic heterocycles. The number of alkyl carbamates (subject to hydrolysis) is 1. The number of carbonyl (C=O) groups is 2. The maximum atomic E-state index is 14.8. The van der Waals surface area contributed by atoms with Crippen LogP contribution in [0.15, 0.2) is 97.2 Å². The smallest absolute Gasteiger partial charge is 0.408 e. The van der Waals surface area contributed by atoms with E-state index in [2.05, 4.69) is 78.5 Å². The molecule has 2 N–H and O–H groups in total. The number of carbonyl (C=O) groups excluding carboxylic acids is 1. The Kier molecular flexibility index (Phi) is 14.5. The van der Waals surface area contributed by atoms with Crippen molar-refractivity contribution in [3.63, 3.8) is 0 Å². The van der Waals surface area contributed by atoms with E-state index < -0.39 is 56.3 Å². The molecule has 3 aromatic carbocycles. The van der Waals surface area contributed by atoms with E-state index in [0.29, 0.717) is 50.4 Å². The Morgan fingerprint density at radius 3 is 2.08 bits per heavy atom. The molecule has 0 radical (unpaired) electrons. The standard InChI is InChI=1S/C49H58F3N5O6SSi/c1-31(61-10)41-35(22-17-25-53-41)42-37(28-48(8,9)30-62-65(47(5,6)7,33-18-13-11-14-19-33)34-20-15-12-16-21-34)36-26-32(23-24-39(36)57(42)29-49(50,51)52)43-55-40(56-64-43)27-38(44(58)59)54-45(60)63-46(2,3)4/h11-26,31,38H,27-30H2,1-10H3,(H,54,60)(H,58,59)/t31-,38?/m0/s1. The van der Waals surface area contributed by atoms with Crippen LogP contribution in [0.1, 0.15) is 85.5 Å². The van der Waals surface area contributed by atoms with Crippen molar-refractivity contribution in [3.8, 4) is 21.8 Å². The minimum atomic E-state index is -4.59. The lowest BCUT2D eigenvalue weighted by Gasteiger charge is -2.44. The molecule has 0 aliphatic carbocycles. The highest BCUT2D eigenvalue weighted by Crippen LogP contribution is 2.44. The third-order valence-electron chi connectivity index (χ3n) is 11.2. The van der Waals surface area contributed by atoms with Crippen LogP contribution in [0, 0.1) is 5.41 Å². The molecule has 2 atom stereocenters. The first-order valence-corrected chi connectivity index (χ1v) is 24.1. The Balaban J connectivity index is 1.50. The first kappa shape index (κ1) is 49.0. The number of carboxylic acid groups (broad SMARTS) is 1. The molecule has 3 heterocycles. The van der Waals surface area contributed by atoms with Gasteiger partial charge in [0.1, 0.15) is 29.0 Å². The minimum absolute atomic E-state index is 0.166. The molecule has 1 amide bonds. The van der Waals surface area contributed by atoms with E-state index in [1.165, 1.54) is 11.7 Å². The number of alkyl halides is 3. The topological polar surface area (TPSA) is 138 Å². The number of benzene rings is 3. The molecule has 0 bridgehead atoms. The number of pyridine rings is 1. The Hall–Kier alpha value is -5.42. The monoisotopic (exact) mass is 929 g/mol. The highest BCUT2D eigenvalue weighted by molar-refractivity contribution is 7.09. The summed E-state index contributed by atoms with van der Waals surface area (Å²) in [4.78, 5) is 34.0. The van der Waals surface area contributed by atoms with Crippen molar-refractivity contribution in [2.24, 2.45) is 5.41 Å². The summed E-state index contributed by atoms with van der Waals surface area (Å²) in [5.41, 5.74) is 1.48. The van der Waals surface area contributed by atoms with E-state index in [4.69, 9.17) is 13.9 Å². The van der Waals surface area contributed by atoms with Crippen LogP contribution in [0.4, 0.5) is 18.0 Å². The van der Waals surface area contributed by atoms with Crippen LogP contribution >= 0.6 is 11.5 Å². The maximum absolute atomic E-state index is 14.8. The molecule has 346 valence electrons. The molecule has 65 heavy (non-hydrogen) atoms. The van der Waals surface area contributed by atoms with Gasteiger partial charge in [-0.1, -0.05) is 95.3 Å². The number of aliphatic carboxylic acids is 1. The van der Waals surface area contributed by atoms with Gasteiger partial charge in [-0.3, -0.25) is 4.98 Å². The summed E-state index contributed by atoms with van der Waals surface area (Å²) in [7, 11) is -1.48. The van der Waals surface area contributed by atoms with Gasteiger partial charge in [-0.25, -0.2) is 14.6 Å². The first-order valence-electron chi connectivity index (χ1n) is 21.4. The molecule has 3 aromatic heterocycles. The van der Waals surface area contributed by atoms with E-state index in [9.17, 15) is 27.9 Å². The molecule has 0 aliphatic rings. The van der Waals surface area contributed by atoms with Crippen LogP contribution in [0.25, 0.3) is 32.7 Å². The Bertz CT molecular complexity index is 2570. The van der Waals surface area contributed by atoms with Crippen molar-refractivity contribution in [1.82, 2.24) is 24.2 Å². The number of ether oxygens (including phenoxy) is 2. The summed E-state index contributed by atoms with van der Waals surface area (Å²) in [5, 5.41) is 15.2. The summed E-state index contributed by atoms with van der Waals surface area (Å²) in [6, 6.07) is 27.9. The molecule has 0 saturated heterocycles. The average Bonchev–Trinajstić information content (AvgIpc) is 3.81. The number of nitrogens with one attached hydrogen (secondary N) is 1. The molecule has 6 aromatic rings. The van der Waals surface area contributed by atoms with Gasteiger partial charge >= 0.3 is 18.2 Å². The molecular formula is C49H58F3N5O6SSi. The summed E-state index contributed by atoms with van der Waals surface area (Å²) in [6.45, 7) is 16.6. The van der Waals surface area contributed by atoms with E-state index in [1.54, 1.807) is 51.2 Å². The third kappa shape index (κ3) is 11.3. The zero-order valence-corrected chi connectivity index (χ0v) is 40.4. The lowest BCUT2D eigenvalue weighted by molar-refractivity contribution is -0.140. The predicted octanol–water partition coefficient (Wildman–Crippen LogP) is 10.2. The fraction of sp³-hybridized carbons (Fsp3) is 0.408. The number of amides is 1.